The fourth-order valence-corrected chi connectivity index (χ4v) is 3.71. The first-order valence-electron chi connectivity index (χ1n) is 6.31. The molecule has 1 saturated heterocycles. The molecular formula is C13H23N3S. The highest BCUT2D eigenvalue weighted by Crippen LogP contribution is 2.30. The van der Waals surface area contributed by atoms with Crippen molar-refractivity contribution in [3.63, 3.8) is 0 Å². The van der Waals surface area contributed by atoms with E-state index < -0.39 is 0 Å². The molecule has 0 aromatic carbocycles. The van der Waals surface area contributed by atoms with E-state index in [-0.39, 0.29) is 0 Å². The van der Waals surface area contributed by atoms with Crippen LogP contribution in [0.2, 0.25) is 0 Å². The van der Waals surface area contributed by atoms with Gasteiger partial charge in [0, 0.05) is 43.1 Å². The third-order valence-corrected chi connectivity index (χ3v) is 4.97. The molecule has 1 aliphatic heterocycles. The van der Waals surface area contributed by atoms with Crippen molar-refractivity contribution < 1.29 is 0 Å². The normalized spacial score (nSPS) is 25.1. The van der Waals surface area contributed by atoms with Gasteiger partial charge in [0.25, 0.3) is 0 Å². The molecule has 0 radical (unpaired) electrons. The SMILES string of the molecule is Cc1ccsc1C(C)N1CCN(C)CC1CN. The number of rotatable bonds is 3. The molecule has 1 aromatic rings. The smallest absolute Gasteiger partial charge is 0.0420 e. The topological polar surface area (TPSA) is 32.5 Å². The van der Waals surface area contributed by atoms with Gasteiger partial charge in [0.05, 0.1) is 0 Å². The Balaban J connectivity index is 2.13. The van der Waals surface area contributed by atoms with Crippen molar-refractivity contribution in [2.45, 2.75) is 25.9 Å². The molecule has 4 heteroatoms. The highest BCUT2D eigenvalue weighted by atomic mass is 32.1. The molecule has 0 aliphatic carbocycles. The molecule has 2 unspecified atom stereocenters. The molecule has 0 bridgehead atoms. The number of thiophene rings is 1. The van der Waals surface area contributed by atoms with Crippen molar-refractivity contribution in [1.82, 2.24) is 9.80 Å². The van der Waals surface area contributed by atoms with E-state index >= 15 is 0 Å². The molecule has 2 rings (SSSR count). The quantitative estimate of drug-likeness (QED) is 0.890. The van der Waals surface area contributed by atoms with E-state index in [1.165, 1.54) is 10.4 Å². The summed E-state index contributed by atoms with van der Waals surface area (Å²) in [6.45, 7) is 8.62. The Hall–Kier alpha value is -0.420. The van der Waals surface area contributed by atoms with E-state index in [0.717, 1.165) is 26.2 Å². The van der Waals surface area contributed by atoms with E-state index in [2.05, 4.69) is 42.1 Å². The largest absolute Gasteiger partial charge is 0.329 e. The number of hydrogen-bond acceptors (Lipinski definition) is 4. The van der Waals surface area contributed by atoms with Gasteiger partial charge in [-0.1, -0.05) is 0 Å². The van der Waals surface area contributed by atoms with Crippen molar-refractivity contribution in [2.24, 2.45) is 5.73 Å². The monoisotopic (exact) mass is 253 g/mol. The van der Waals surface area contributed by atoms with Crippen LogP contribution in [-0.4, -0.2) is 49.1 Å². The first-order chi connectivity index (χ1) is 8.13. The molecule has 1 aliphatic rings. The zero-order chi connectivity index (χ0) is 12.4. The molecular weight excluding hydrogens is 230 g/mol. The average Bonchev–Trinajstić information content (AvgIpc) is 2.74. The van der Waals surface area contributed by atoms with Crippen LogP contribution in [0.3, 0.4) is 0 Å². The van der Waals surface area contributed by atoms with Gasteiger partial charge in [-0.15, -0.1) is 11.3 Å². The van der Waals surface area contributed by atoms with Crippen LogP contribution >= 0.6 is 11.3 Å². The summed E-state index contributed by atoms with van der Waals surface area (Å²) in [5, 5.41) is 2.19. The lowest BCUT2D eigenvalue weighted by Gasteiger charge is -2.42. The van der Waals surface area contributed by atoms with E-state index in [1.54, 1.807) is 0 Å². The second kappa shape index (κ2) is 5.48. The first kappa shape index (κ1) is 13.0. The number of hydrogen-bond donors (Lipinski definition) is 1. The van der Waals surface area contributed by atoms with Gasteiger partial charge in [-0.25, -0.2) is 0 Å². The van der Waals surface area contributed by atoms with Crippen molar-refractivity contribution in [3.05, 3.63) is 21.9 Å². The van der Waals surface area contributed by atoms with Crippen LogP contribution in [-0.2, 0) is 0 Å². The standard InChI is InChI=1S/C13H23N3S/c1-10-4-7-17-13(10)11(2)16-6-5-15(3)9-12(16)8-14/h4,7,11-12H,5-6,8-9,14H2,1-3H3. The first-order valence-corrected chi connectivity index (χ1v) is 7.19. The number of nitrogens with zero attached hydrogens (tertiary/aromatic N) is 2. The zero-order valence-corrected chi connectivity index (χ0v) is 11.8. The molecule has 2 N–H and O–H groups in total. The van der Waals surface area contributed by atoms with Gasteiger partial charge in [0.2, 0.25) is 0 Å². The number of likely N-dealkylation sites (N-methyl/N-ethyl adjacent to an activating group) is 1. The Morgan fingerprint density at radius 3 is 2.88 bits per heavy atom. The number of nitrogens with two attached hydrogens (primary N) is 1. The molecule has 2 heterocycles. The van der Waals surface area contributed by atoms with Gasteiger partial charge in [0.1, 0.15) is 0 Å². The molecule has 3 nitrogen and oxygen atoms in total. The Morgan fingerprint density at radius 1 is 1.53 bits per heavy atom. The molecule has 17 heavy (non-hydrogen) atoms. The molecule has 0 saturated carbocycles. The molecule has 0 amide bonds. The summed E-state index contributed by atoms with van der Waals surface area (Å²) in [6.07, 6.45) is 0. The lowest BCUT2D eigenvalue weighted by atomic mass is 10.1. The highest BCUT2D eigenvalue weighted by molar-refractivity contribution is 7.10. The fraction of sp³-hybridized carbons (Fsp3) is 0.692. The van der Waals surface area contributed by atoms with Gasteiger partial charge in [-0.2, -0.15) is 0 Å². The summed E-state index contributed by atoms with van der Waals surface area (Å²) in [5.74, 6) is 0. The number of piperazine rings is 1. The highest BCUT2D eigenvalue weighted by Gasteiger charge is 2.29. The van der Waals surface area contributed by atoms with E-state index in [9.17, 15) is 0 Å². The molecule has 0 spiro atoms. The van der Waals surface area contributed by atoms with Gasteiger partial charge < -0.3 is 10.6 Å². The molecule has 2 atom stereocenters. The maximum Gasteiger partial charge on any atom is 0.0420 e. The van der Waals surface area contributed by atoms with Gasteiger partial charge in [-0.3, -0.25) is 4.90 Å². The second-order valence-corrected chi connectivity index (χ2v) is 5.98. The van der Waals surface area contributed by atoms with Crippen LogP contribution in [0.4, 0.5) is 0 Å². The summed E-state index contributed by atoms with van der Waals surface area (Å²) in [6, 6.07) is 3.20. The lowest BCUT2D eigenvalue weighted by Crippen LogP contribution is -2.55. The minimum Gasteiger partial charge on any atom is -0.329 e. The van der Waals surface area contributed by atoms with Crippen molar-refractivity contribution >= 4 is 11.3 Å². The molecule has 1 aromatic heterocycles. The van der Waals surface area contributed by atoms with E-state index in [1.807, 2.05) is 11.3 Å². The van der Waals surface area contributed by atoms with E-state index in [0.29, 0.717) is 12.1 Å². The Bertz CT molecular complexity index is 363. The van der Waals surface area contributed by atoms with Crippen LogP contribution < -0.4 is 5.73 Å². The minimum absolute atomic E-state index is 0.491. The summed E-state index contributed by atoms with van der Waals surface area (Å²) < 4.78 is 0. The van der Waals surface area contributed by atoms with Crippen molar-refractivity contribution in [2.75, 3.05) is 33.2 Å². The van der Waals surface area contributed by atoms with Crippen LogP contribution in [0.15, 0.2) is 11.4 Å². The second-order valence-electron chi connectivity index (χ2n) is 5.03. The Morgan fingerprint density at radius 2 is 2.29 bits per heavy atom. The summed E-state index contributed by atoms with van der Waals surface area (Å²) in [4.78, 5) is 6.44. The van der Waals surface area contributed by atoms with Crippen LogP contribution in [0.1, 0.15) is 23.4 Å². The van der Waals surface area contributed by atoms with Gasteiger partial charge >= 0.3 is 0 Å². The van der Waals surface area contributed by atoms with Crippen molar-refractivity contribution in [1.29, 1.82) is 0 Å². The fourth-order valence-electron chi connectivity index (χ4n) is 2.71. The van der Waals surface area contributed by atoms with Gasteiger partial charge in [-0.05, 0) is 37.9 Å². The molecule has 1 fully saturated rings. The maximum absolute atomic E-state index is 5.92. The lowest BCUT2D eigenvalue weighted by molar-refractivity contribution is 0.0631. The average molecular weight is 253 g/mol. The predicted molar refractivity (Wildman–Crippen MR) is 74.5 cm³/mol. The summed E-state index contributed by atoms with van der Waals surface area (Å²) >= 11 is 1.87. The van der Waals surface area contributed by atoms with Crippen molar-refractivity contribution in [3.8, 4) is 0 Å². The third kappa shape index (κ3) is 2.71. The number of aryl methyl sites for hydroxylation is 1. The summed E-state index contributed by atoms with van der Waals surface area (Å²) in [5.41, 5.74) is 7.33. The minimum atomic E-state index is 0.491. The Labute approximate surface area is 108 Å². The third-order valence-electron chi connectivity index (χ3n) is 3.78. The predicted octanol–water partition coefficient (Wildman–Crippen LogP) is 1.69. The Kier molecular flexibility index (Phi) is 4.20. The van der Waals surface area contributed by atoms with Crippen LogP contribution in [0.5, 0.6) is 0 Å². The molecule has 96 valence electrons. The van der Waals surface area contributed by atoms with Crippen LogP contribution in [0.25, 0.3) is 0 Å². The van der Waals surface area contributed by atoms with Crippen LogP contribution in [0, 0.1) is 6.92 Å². The van der Waals surface area contributed by atoms with E-state index in [4.69, 9.17) is 5.73 Å². The zero-order valence-electron chi connectivity index (χ0n) is 11.0. The maximum atomic E-state index is 5.92. The summed E-state index contributed by atoms with van der Waals surface area (Å²) in [7, 11) is 2.18. The van der Waals surface area contributed by atoms with Gasteiger partial charge in [0.15, 0.2) is 0 Å².